The molecular weight excluding hydrogens is 275 g/mol. The Morgan fingerprint density at radius 2 is 1.55 bits per heavy atom. The van der Waals surface area contributed by atoms with Gasteiger partial charge in [-0.25, -0.2) is 4.39 Å². The van der Waals surface area contributed by atoms with E-state index in [1.54, 1.807) is 6.07 Å². The summed E-state index contributed by atoms with van der Waals surface area (Å²) in [6, 6.07) is 23.6. The molecule has 0 heterocycles. The van der Waals surface area contributed by atoms with E-state index in [9.17, 15) is 4.39 Å². The zero-order chi connectivity index (χ0) is 15.4. The normalized spacial score (nSPS) is 10.5. The molecule has 3 rings (SSSR count). The number of methoxy groups -OCH3 is 1. The van der Waals surface area contributed by atoms with Gasteiger partial charge in [0.25, 0.3) is 0 Å². The van der Waals surface area contributed by atoms with E-state index in [0.717, 1.165) is 16.7 Å². The number of halogens is 1. The van der Waals surface area contributed by atoms with E-state index in [0.29, 0.717) is 12.2 Å². The second kappa shape index (κ2) is 6.44. The van der Waals surface area contributed by atoms with Gasteiger partial charge < -0.3 is 4.74 Å². The molecule has 0 aliphatic heterocycles. The third-order valence-corrected chi connectivity index (χ3v) is 3.68. The molecule has 1 nitrogen and oxygen atoms in total. The molecule has 2 heteroatoms. The van der Waals surface area contributed by atoms with Crippen molar-refractivity contribution in [3.8, 4) is 16.9 Å². The van der Waals surface area contributed by atoms with Crippen LogP contribution in [0.2, 0.25) is 0 Å². The number of hydrogen-bond donors (Lipinski definition) is 0. The Kier molecular flexibility index (Phi) is 4.19. The first-order valence-corrected chi connectivity index (χ1v) is 7.23. The summed E-state index contributed by atoms with van der Waals surface area (Å²) in [4.78, 5) is 0. The zero-order valence-corrected chi connectivity index (χ0v) is 12.4. The molecule has 0 fully saturated rings. The first-order chi connectivity index (χ1) is 10.8. The van der Waals surface area contributed by atoms with Crippen molar-refractivity contribution in [3.05, 3.63) is 89.7 Å². The molecule has 0 bridgehead atoms. The zero-order valence-electron chi connectivity index (χ0n) is 12.4. The predicted molar refractivity (Wildman–Crippen MR) is 87.6 cm³/mol. The molecule has 0 saturated heterocycles. The minimum absolute atomic E-state index is 0.320. The van der Waals surface area contributed by atoms with Crippen LogP contribution < -0.4 is 4.74 Å². The molecule has 0 atom stereocenters. The lowest BCUT2D eigenvalue weighted by molar-refractivity contribution is 0.382. The average molecular weight is 292 g/mol. The molecule has 0 aliphatic rings. The Labute approximate surface area is 130 Å². The third kappa shape index (κ3) is 3.01. The molecule has 3 aromatic carbocycles. The smallest absolute Gasteiger partial charge is 0.165 e. The highest BCUT2D eigenvalue weighted by molar-refractivity contribution is 5.64. The van der Waals surface area contributed by atoms with Gasteiger partial charge in [-0.1, -0.05) is 66.7 Å². The summed E-state index contributed by atoms with van der Waals surface area (Å²) in [5.74, 6) is 0.00632. The van der Waals surface area contributed by atoms with Crippen molar-refractivity contribution in [1.82, 2.24) is 0 Å². The Morgan fingerprint density at radius 3 is 2.32 bits per heavy atom. The first kappa shape index (κ1) is 14.3. The van der Waals surface area contributed by atoms with Crippen LogP contribution in [0.25, 0.3) is 11.1 Å². The number of hydrogen-bond acceptors (Lipinski definition) is 1. The average Bonchev–Trinajstić information content (AvgIpc) is 2.56. The molecule has 0 N–H and O–H groups in total. The summed E-state index contributed by atoms with van der Waals surface area (Å²) >= 11 is 0. The predicted octanol–water partition coefficient (Wildman–Crippen LogP) is 5.09. The summed E-state index contributed by atoms with van der Waals surface area (Å²) < 4.78 is 19.0. The highest BCUT2D eigenvalue weighted by Gasteiger charge is 2.09. The summed E-state index contributed by atoms with van der Waals surface area (Å²) in [6.07, 6.45) is 0.640. The molecule has 3 aromatic rings. The lowest BCUT2D eigenvalue weighted by atomic mass is 9.99. The second-order valence-corrected chi connectivity index (χ2v) is 5.18. The quantitative estimate of drug-likeness (QED) is 0.650. The summed E-state index contributed by atoms with van der Waals surface area (Å²) in [6.45, 7) is 0. The minimum atomic E-state index is -0.320. The number of para-hydroxylation sites is 1. The topological polar surface area (TPSA) is 9.23 Å². The van der Waals surface area contributed by atoms with Crippen molar-refractivity contribution >= 4 is 0 Å². The fourth-order valence-electron chi connectivity index (χ4n) is 2.63. The van der Waals surface area contributed by atoms with E-state index >= 15 is 0 Å². The fourth-order valence-corrected chi connectivity index (χ4v) is 2.63. The van der Waals surface area contributed by atoms with Crippen LogP contribution in [0.3, 0.4) is 0 Å². The minimum Gasteiger partial charge on any atom is -0.493 e. The van der Waals surface area contributed by atoms with Crippen LogP contribution in [0.1, 0.15) is 11.1 Å². The highest BCUT2D eigenvalue weighted by atomic mass is 19.1. The van der Waals surface area contributed by atoms with E-state index in [-0.39, 0.29) is 5.82 Å². The van der Waals surface area contributed by atoms with Gasteiger partial charge in [-0.3, -0.25) is 0 Å². The summed E-state index contributed by atoms with van der Waals surface area (Å²) in [5, 5.41) is 0. The van der Waals surface area contributed by atoms with E-state index in [1.165, 1.54) is 18.7 Å². The third-order valence-electron chi connectivity index (χ3n) is 3.68. The fraction of sp³-hybridized carbons (Fsp3) is 0.100. The maximum Gasteiger partial charge on any atom is 0.165 e. The van der Waals surface area contributed by atoms with Gasteiger partial charge >= 0.3 is 0 Å². The lowest BCUT2D eigenvalue weighted by Gasteiger charge is -2.10. The van der Waals surface area contributed by atoms with Crippen LogP contribution in [0.4, 0.5) is 4.39 Å². The summed E-state index contributed by atoms with van der Waals surface area (Å²) in [7, 11) is 1.50. The molecule has 0 aliphatic carbocycles. The van der Waals surface area contributed by atoms with Gasteiger partial charge in [-0.05, 0) is 22.8 Å². The van der Waals surface area contributed by atoms with Crippen molar-refractivity contribution in [1.29, 1.82) is 0 Å². The molecule has 0 unspecified atom stereocenters. The second-order valence-electron chi connectivity index (χ2n) is 5.18. The van der Waals surface area contributed by atoms with Gasteiger partial charge in [-0.2, -0.15) is 0 Å². The van der Waals surface area contributed by atoms with Gasteiger partial charge in [0.15, 0.2) is 11.6 Å². The molecule has 0 spiro atoms. The number of benzene rings is 3. The van der Waals surface area contributed by atoms with E-state index in [1.807, 2.05) is 30.3 Å². The molecule has 22 heavy (non-hydrogen) atoms. The molecule has 0 aromatic heterocycles. The van der Waals surface area contributed by atoms with Crippen LogP contribution in [-0.2, 0) is 6.42 Å². The number of rotatable bonds is 4. The van der Waals surface area contributed by atoms with Crippen molar-refractivity contribution in [3.63, 3.8) is 0 Å². The maximum absolute atomic E-state index is 13.8. The van der Waals surface area contributed by atoms with Crippen molar-refractivity contribution in [2.75, 3.05) is 7.11 Å². The van der Waals surface area contributed by atoms with Crippen LogP contribution in [0.5, 0.6) is 5.75 Å². The van der Waals surface area contributed by atoms with Crippen LogP contribution in [-0.4, -0.2) is 7.11 Å². The van der Waals surface area contributed by atoms with E-state index in [4.69, 9.17) is 4.74 Å². The largest absolute Gasteiger partial charge is 0.493 e. The van der Waals surface area contributed by atoms with Crippen molar-refractivity contribution in [2.24, 2.45) is 0 Å². The highest BCUT2D eigenvalue weighted by Crippen LogP contribution is 2.26. The van der Waals surface area contributed by atoms with E-state index < -0.39 is 0 Å². The van der Waals surface area contributed by atoms with E-state index in [2.05, 4.69) is 30.3 Å². The van der Waals surface area contributed by atoms with Crippen LogP contribution >= 0.6 is 0 Å². The van der Waals surface area contributed by atoms with Gasteiger partial charge in [0.1, 0.15) is 0 Å². The molecule has 0 saturated carbocycles. The van der Waals surface area contributed by atoms with Crippen LogP contribution in [0, 0.1) is 5.82 Å². The lowest BCUT2D eigenvalue weighted by Crippen LogP contribution is -1.96. The van der Waals surface area contributed by atoms with Gasteiger partial charge in [0.2, 0.25) is 0 Å². The monoisotopic (exact) mass is 292 g/mol. The SMILES string of the molecule is COc1c(F)cccc1Cc1cccc(-c2ccccc2)c1. The van der Waals surface area contributed by atoms with Gasteiger partial charge in [0, 0.05) is 12.0 Å². The first-order valence-electron chi connectivity index (χ1n) is 7.23. The van der Waals surface area contributed by atoms with Crippen molar-refractivity contribution in [2.45, 2.75) is 6.42 Å². The summed E-state index contributed by atoms with van der Waals surface area (Å²) in [5.41, 5.74) is 4.32. The van der Waals surface area contributed by atoms with Crippen molar-refractivity contribution < 1.29 is 9.13 Å². The molecule has 110 valence electrons. The Balaban J connectivity index is 1.93. The molecule has 0 radical (unpaired) electrons. The molecular formula is C20H17FO. The maximum atomic E-state index is 13.8. The Hall–Kier alpha value is -2.61. The standard InChI is InChI=1S/C20H17FO/c1-22-20-18(11-6-12-19(20)21)14-15-7-5-10-17(13-15)16-8-3-2-4-9-16/h2-13H,14H2,1H3. The van der Waals surface area contributed by atoms with Gasteiger partial charge in [0.05, 0.1) is 7.11 Å². The Morgan fingerprint density at radius 1 is 0.818 bits per heavy atom. The number of ether oxygens (including phenoxy) is 1. The van der Waals surface area contributed by atoms with Crippen LogP contribution in [0.15, 0.2) is 72.8 Å². The Bertz CT molecular complexity index is 766. The molecule has 0 amide bonds. The van der Waals surface area contributed by atoms with Gasteiger partial charge in [-0.15, -0.1) is 0 Å².